The Morgan fingerprint density at radius 2 is 1.82 bits per heavy atom. The number of hydrogen-bond acceptors (Lipinski definition) is 7. The standard InChI is InChI=1S/C25H38N6O3/c1-18-15-29(24(32)34-25(2,3)4)11-12-30(18)22-21-20(28-9-5-6-10-28)16-31(23(21)27-17-26-22)19-7-13-33-14-8-19/h16-19H,5-15H2,1-4H3/t18-/m0/s1. The van der Waals surface area contributed by atoms with Crippen molar-refractivity contribution in [2.75, 3.05) is 55.7 Å². The van der Waals surface area contributed by atoms with Gasteiger partial charge in [0, 0.05) is 64.2 Å². The van der Waals surface area contributed by atoms with Gasteiger partial charge in [0.1, 0.15) is 23.4 Å². The molecule has 34 heavy (non-hydrogen) atoms. The molecule has 3 aliphatic heterocycles. The number of carbonyl (C=O) groups is 1. The van der Waals surface area contributed by atoms with Gasteiger partial charge in [-0.1, -0.05) is 0 Å². The van der Waals surface area contributed by atoms with Crippen LogP contribution in [0.1, 0.15) is 59.4 Å². The van der Waals surface area contributed by atoms with Gasteiger partial charge in [-0.3, -0.25) is 0 Å². The number of rotatable bonds is 3. The van der Waals surface area contributed by atoms with Crippen molar-refractivity contribution in [3.8, 4) is 0 Å². The SMILES string of the molecule is C[C@H]1CN(C(=O)OC(C)(C)C)CCN1c1ncnc2c1c(N1CCCC1)cn2C1CCOCC1. The minimum absolute atomic E-state index is 0.122. The lowest BCUT2D eigenvalue weighted by molar-refractivity contribution is 0.0218. The van der Waals surface area contributed by atoms with Crippen LogP contribution in [0.5, 0.6) is 0 Å². The lowest BCUT2D eigenvalue weighted by atomic mass is 10.1. The molecule has 1 atom stereocenters. The molecule has 1 amide bonds. The van der Waals surface area contributed by atoms with E-state index in [1.165, 1.54) is 18.5 Å². The number of aromatic nitrogens is 3. The fourth-order valence-electron chi connectivity index (χ4n) is 5.47. The van der Waals surface area contributed by atoms with Crippen molar-refractivity contribution >= 4 is 28.6 Å². The molecule has 0 aliphatic carbocycles. The molecule has 3 aliphatic rings. The highest BCUT2D eigenvalue weighted by Crippen LogP contribution is 2.40. The zero-order valence-corrected chi connectivity index (χ0v) is 21.0. The largest absolute Gasteiger partial charge is 0.444 e. The molecule has 0 spiro atoms. The molecule has 3 fully saturated rings. The summed E-state index contributed by atoms with van der Waals surface area (Å²) in [6, 6.07) is 0.522. The number of amides is 1. The molecule has 9 nitrogen and oxygen atoms in total. The summed E-state index contributed by atoms with van der Waals surface area (Å²) in [5.41, 5.74) is 1.77. The Hall–Kier alpha value is -2.55. The van der Waals surface area contributed by atoms with Crippen molar-refractivity contribution in [3.05, 3.63) is 12.5 Å². The van der Waals surface area contributed by atoms with Crippen LogP contribution in [0.2, 0.25) is 0 Å². The van der Waals surface area contributed by atoms with Crippen LogP contribution in [-0.4, -0.2) is 83.1 Å². The van der Waals surface area contributed by atoms with E-state index in [0.29, 0.717) is 25.7 Å². The van der Waals surface area contributed by atoms with Crippen molar-refractivity contribution in [1.29, 1.82) is 0 Å². The van der Waals surface area contributed by atoms with Gasteiger partial charge in [0.15, 0.2) is 0 Å². The highest BCUT2D eigenvalue weighted by Gasteiger charge is 2.33. The summed E-state index contributed by atoms with van der Waals surface area (Å²) in [5.74, 6) is 0.981. The van der Waals surface area contributed by atoms with E-state index in [9.17, 15) is 4.79 Å². The van der Waals surface area contributed by atoms with Crippen molar-refractivity contribution in [2.45, 2.75) is 71.1 Å². The second-order valence-electron chi connectivity index (χ2n) is 10.8. The Balaban J connectivity index is 1.48. The van der Waals surface area contributed by atoms with E-state index in [1.54, 1.807) is 6.33 Å². The van der Waals surface area contributed by atoms with Gasteiger partial charge in [0.2, 0.25) is 0 Å². The molecule has 0 aromatic carbocycles. The highest BCUT2D eigenvalue weighted by atomic mass is 16.6. The molecular weight excluding hydrogens is 432 g/mol. The van der Waals surface area contributed by atoms with Gasteiger partial charge in [0.05, 0.1) is 11.1 Å². The van der Waals surface area contributed by atoms with Gasteiger partial charge < -0.3 is 28.7 Å². The zero-order chi connectivity index (χ0) is 23.9. The van der Waals surface area contributed by atoms with Crippen LogP contribution >= 0.6 is 0 Å². The minimum atomic E-state index is -0.492. The Labute approximate surface area is 202 Å². The van der Waals surface area contributed by atoms with E-state index in [1.807, 2.05) is 25.7 Å². The van der Waals surface area contributed by atoms with E-state index >= 15 is 0 Å². The maximum atomic E-state index is 12.7. The third-order valence-electron chi connectivity index (χ3n) is 7.15. The normalized spacial score (nSPS) is 22.6. The van der Waals surface area contributed by atoms with E-state index in [0.717, 1.165) is 56.0 Å². The van der Waals surface area contributed by atoms with E-state index in [2.05, 4.69) is 27.5 Å². The van der Waals surface area contributed by atoms with Crippen molar-refractivity contribution < 1.29 is 14.3 Å². The molecule has 186 valence electrons. The summed E-state index contributed by atoms with van der Waals surface area (Å²) < 4.78 is 13.6. The molecule has 5 heterocycles. The smallest absolute Gasteiger partial charge is 0.410 e. The summed E-state index contributed by atoms with van der Waals surface area (Å²) in [5, 5.41) is 1.15. The molecule has 9 heteroatoms. The highest BCUT2D eigenvalue weighted by molar-refractivity contribution is 6.00. The summed E-state index contributed by atoms with van der Waals surface area (Å²) >= 11 is 0. The molecule has 5 rings (SSSR count). The van der Waals surface area contributed by atoms with E-state index < -0.39 is 5.60 Å². The van der Waals surface area contributed by atoms with Gasteiger partial charge in [-0.05, 0) is 53.4 Å². The Morgan fingerprint density at radius 1 is 1.09 bits per heavy atom. The lowest BCUT2D eigenvalue weighted by Gasteiger charge is -2.41. The first-order valence-electron chi connectivity index (χ1n) is 12.7. The Morgan fingerprint density at radius 3 is 2.50 bits per heavy atom. The maximum absolute atomic E-state index is 12.7. The van der Waals surface area contributed by atoms with Crippen LogP contribution in [0.15, 0.2) is 12.5 Å². The first-order valence-corrected chi connectivity index (χ1v) is 12.7. The molecule has 3 saturated heterocycles. The number of carbonyl (C=O) groups excluding carboxylic acids is 1. The molecule has 0 radical (unpaired) electrons. The van der Waals surface area contributed by atoms with Crippen molar-refractivity contribution in [3.63, 3.8) is 0 Å². The monoisotopic (exact) mass is 470 g/mol. The fourth-order valence-corrected chi connectivity index (χ4v) is 5.47. The molecular formula is C25H38N6O3. The predicted octanol–water partition coefficient (Wildman–Crippen LogP) is 3.83. The second-order valence-corrected chi connectivity index (χ2v) is 10.8. The summed E-state index contributed by atoms with van der Waals surface area (Å²) in [4.78, 5) is 28.9. The fraction of sp³-hybridized carbons (Fsp3) is 0.720. The van der Waals surface area contributed by atoms with Gasteiger partial charge >= 0.3 is 6.09 Å². The molecule has 2 aromatic rings. The zero-order valence-electron chi connectivity index (χ0n) is 21.0. The number of hydrogen-bond donors (Lipinski definition) is 0. The van der Waals surface area contributed by atoms with Crippen molar-refractivity contribution in [1.82, 2.24) is 19.4 Å². The first-order chi connectivity index (χ1) is 16.3. The topological polar surface area (TPSA) is 76.0 Å². The molecule has 2 aromatic heterocycles. The Bertz CT molecular complexity index is 1020. The summed E-state index contributed by atoms with van der Waals surface area (Å²) in [6.07, 6.45) is 8.23. The number of nitrogens with zero attached hydrogens (tertiary/aromatic N) is 6. The Kier molecular flexibility index (Phi) is 6.31. The minimum Gasteiger partial charge on any atom is -0.444 e. The predicted molar refractivity (Wildman–Crippen MR) is 133 cm³/mol. The van der Waals surface area contributed by atoms with E-state index in [-0.39, 0.29) is 12.1 Å². The van der Waals surface area contributed by atoms with Gasteiger partial charge in [-0.2, -0.15) is 0 Å². The third kappa shape index (κ3) is 4.54. The molecule has 0 saturated carbocycles. The van der Waals surface area contributed by atoms with E-state index in [4.69, 9.17) is 19.4 Å². The molecule has 0 unspecified atom stereocenters. The summed E-state index contributed by atoms with van der Waals surface area (Å²) in [7, 11) is 0. The summed E-state index contributed by atoms with van der Waals surface area (Å²) in [6.45, 7) is 13.6. The van der Waals surface area contributed by atoms with Gasteiger partial charge in [-0.15, -0.1) is 0 Å². The number of ether oxygens (including phenoxy) is 2. The van der Waals surface area contributed by atoms with Crippen LogP contribution in [-0.2, 0) is 9.47 Å². The number of fused-ring (bicyclic) bond motifs is 1. The number of anilines is 2. The first kappa shape index (κ1) is 23.2. The van der Waals surface area contributed by atoms with Gasteiger partial charge in [-0.25, -0.2) is 14.8 Å². The van der Waals surface area contributed by atoms with Crippen LogP contribution < -0.4 is 9.80 Å². The molecule has 0 bridgehead atoms. The van der Waals surface area contributed by atoms with Crippen LogP contribution in [0.25, 0.3) is 11.0 Å². The van der Waals surface area contributed by atoms with Gasteiger partial charge in [0.25, 0.3) is 0 Å². The molecule has 0 N–H and O–H groups in total. The third-order valence-corrected chi connectivity index (χ3v) is 7.15. The quantitative estimate of drug-likeness (QED) is 0.675. The average molecular weight is 471 g/mol. The van der Waals surface area contributed by atoms with Crippen LogP contribution in [0.3, 0.4) is 0 Å². The number of piperazine rings is 1. The average Bonchev–Trinajstić information content (AvgIpc) is 3.46. The van der Waals surface area contributed by atoms with Crippen molar-refractivity contribution in [2.24, 2.45) is 0 Å². The second kappa shape index (κ2) is 9.24. The van der Waals surface area contributed by atoms with Crippen LogP contribution in [0, 0.1) is 0 Å². The lowest BCUT2D eigenvalue weighted by Crippen LogP contribution is -2.54. The maximum Gasteiger partial charge on any atom is 0.410 e. The van der Waals surface area contributed by atoms with Crippen LogP contribution in [0.4, 0.5) is 16.3 Å².